The molecule has 2 aromatic carbocycles. The van der Waals surface area contributed by atoms with E-state index in [1.54, 1.807) is 12.1 Å². The highest BCUT2D eigenvalue weighted by atomic mass is 16.5. The second-order valence-electron chi connectivity index (χ2n) is 8.43. The van der Waals surface area contributed by atoms with Crippen molar-refractivity contribution >= 4 is 0 Å². The van der Waals surface area contributed by atoms with Gasteiger partial charge in [-0.1, -0.05) is 29.4 Å². The standard InChI is InChI=1S/C25H28O4/c1-14(2)5-7-16-11-19-23(12-22(16)27)28-13-20-17-9-10-21(26)18(8-6-15(3)4)24(17)29-25(19)20/h5-6,9-12,20,25-27H,7-8,13H2,1-4H3/t20-,25-/m1/s1. The summed E-state index contributed by atoms with van der Waals surface area (Å²) in [6, 6.07) is 7.40. The second kappa shape index (κ2) is 7.51. The van der Waals surface area contributed by atoms with Crippen LogP contribution >= 0.6 is 0 Å². The Morgan fingerprint density at radius 3 is 2.41 bits per heavy atom. The largest absolute Gasteiger partial charge is 0.508 e. The second-order valence-corrected chi connectivity index (χ2v) is 8.43. The zero-order chi connectivity index (χ0) is 20.7. The van der Waals surface area contributed by atoms with E-state index in [-0.39, 0.29) is 23.5 Å². The molecular weight excluding hydrogens is 364 g/mol. The summed E-state index contributed by atoms with van der Waals surface area (Å²) in [5.74, 6) is 2.03. The molecule has 2 N–H and O–H groups in total. The Kier molecular flexibility index (Phi) is 5.03. The smallest absolute Gasteiger partial charge is 0.138 e. The van der Waals surface area contributed by atoms with Gasteiger partial charge >= 0.3 is 0 Å². The third-order valence-corrected chi connectivity index (χ3v) is 5.66. The Balaban J connectivity index is 1.73. The molecule has 0 radical (unpaired) electrons. The lowest BCUT2D eigenvalue weighted by atomic mass is 9.87. The summed E-state index contributed by atoms with van der Waals surface area (Å²) in [6.07, 6.45) is 5.32. The first kappa shape index (κ1) is 19.4. The molecule has 4 nitrogen and oxygen atoms in total. The molecule has 0 spiro atoms. The average molecular weight is 392 g/mol. The van der Waals surface area contributed by atoms with Crippen LogP contribution in [0.4, 0.5) is 0 Å². The van der Waals surface area contributed by atoms with Crippen molar-refractivity contribution in [2.24, 2.45) is 0 Å². The number of aromatic hydroxyl groups is 2. The van der Waals surface area contributed by atoms with Crippen LogP contribution in [0.1, 0.15) is 62.0 Å². The van der Waals surface area contributed by atoms with Crippen molar-refractivity contribution < 1.29 is 19.7 Å². The molecule has 2 aliphatic heterocycles. The van der Waals surface area contributed by atoms with Crippen LogP contribution in [-0.2, 0) is 12.8 Å². The van der Waals surface area contributed by atoms with E-state index in [1.807, 2.05) is 39.8 Å². The average Bonchev–Trinajstić information content (AvgIpc) is 3.04. The van der Waals surface area contributed by atoms with Crippen LogP contribution in [0.3, 0.4) is 0 Å². The number of hydrogen-bond acceptors (Lipinski definition) is 4. The molecule has 2 aromatic rings. The lowest BCUT2D eigenvalue weighted by Crippen LogP contribution is -2.23. The van der Waals surface area contributed by atoms with Crippen molar-refractivity contribution in [2.45, 2.75) is 52.6 Å². The van der Waals surface area contributed by atoms with Crippen LogP contribution in [-0.4, -0.2) is 16.8 Å². The molecule has 0 saturated heterocycles. The number of fused-ring (bicyclic) bond motifs is 5. The van der Waals surface area contributed by atoms with Crippen molar-refractivity contribution in [3.05, 3.63) is 69.8 Å². The summed E-state index contributed by atoms with van der Waals surface area (Å²) in [6.45, 7) is 8.68. The van der Waals surface area contributed by atoms with Gasteiger partial charge in [-0.25, -0.2) is 0 Å². The maximum atomic E-state index is 10.4. The number of phenolic OH excluding ortho intramolecular Hbond substituents is 2. The third-order valence-electron chi connectivity index (χ3n) is 5.66. The Labute approximate surface area is 172 Å². The van der Waals surface area contributed by atoms with Crippen molar-refractivity contribution in [1.82, 2.24) is 0 Å². The first-order chi connectivity index (χ1) is 13.8. The molecule has 2 aliphatic rings. The van der Waals surface area contributed by atoms with Crippen LogP contribution in [0.2, 0.25) is 0 Å². The summed E-state index contributed by atoms with van der Waals surface area (Å²) in [5, 5.41) is 20.8. The third kappa shape index (κ3) is 3.59. The monoisotopic (exact) mass is 392 g/mol. The molecule has 4 rings (SSSR count). The molecule has 29 heavy (non-hydrogen) atoms. The van der Waals surface area contributed by atoms with Gasteiger partial charge in [0.2, 0.25) is 0 Å². The van der Waals surface area contributed by atoms with Crippen LogP contribution in [0.25, 0.3) is 0 Å². The van der Waals surface area contributed by atoms with E-state index >= 15 is 0 Å². The number of allylic oxidation sites excluding steroid dienone is 4. The maximum Gasteiger partial charge on any atom is 0.138 e. The molecule has 2 heterocycles. The Hall–Kier alpha value is -2.88. The van der Waals surface area contributed by atoms with Crippen LogP contribution < -0.4 is 9.47 Å². The molecule has 0 fully saturated rings. The highest BCUT2D eigenvalue weighted by Crippen LogP contribution is 2.54. The molecule has 0 amide bonds. The van der Waals surface area contributed by atoms with Gasteiger partial charge in [0.1, 0.15) is 29.1 Å². The first-order valence-electron chi connectivity index (χ1n) is 10.1. The number of ether oxygens (including phenoxy) is 2. The van der Waals surface area contributed by atoms with Gasteiger partial charge < -0.3 is 19.7 Å². The number of hydrogen-bond donors (Lipinski definition) is 2. The molecule has 2 atom stereocenters. The summed E-state index contributed by atoms with van der Waals surface area (Å²) >= 11 is 0. The van der Waals surface area contributed by atoms with Gasteiger partial charge in [-0.05, 0) is 58.2 Å². The Morgan fingerprint density at radius 1 is 0.966 bits per heavy atom. The van der Waals surface area contributed by atoms with Gasteiger partial charge in [-0.2, -0.15) is 0 Å². The highest BCUT2D eigenvalue weighted by molar-refractivity contribution is 5.58. The van der Waals surface area contributed by atoms with Gasteiger partial charge in [0.05, 0.1) is 12.5 Å². The lowest BCUT2D eigenvalue weighted by molar-refractivity contribution is 0.138. The molecular formula is C25H28O4. The quantitative estimate of drug-likeness (QED) is 0.653. The van der Waals surface area contributed by atoms with E-state index in [1.165, 1.54) is 11.1 Å². The summed E-state index contributed by atoms with van der Waals surface area (Å²) < 4.78 is 12.4. The maximum absolute atomic E-state index is 10.4. The number of benzene rings is 2. The molecule has 0 unspecified atom stereocenters. The summed E-state index contributed by atoms with van der Waals surface area (Å²) in [7, 11) is 0. The fourth-order valence-corrected chi connectivity index (χ4v) is 4.04. The van der Waals surface area contributed by atoms with E-state index < -0.39 is 0 Å². The molecule has 152 valence electrons. The molecule has 4 heteroatoms. The van der Waals surface area contributed by atoms with Gasteiger partial charge in [0.25, 0.3) is 0 Å². The minimum Gasteiger partial charge on any atom is -0.508 e. The number of rotatable bonds is 4. The Morgan fingerprint density at radius 2 is 1.69 bits per heavy atom. The number of phenols is 2. The topological polar surface area (TPSA) is 58.9 Å². The van der Waals surface area contributed by atoms with Crippen LogP contribution in [0, 0.1) is 0 Å². The normalized spacial score (nSPS) is 18.6. The highest BCUT2D eigenvalue weighted by Gasteiger charge is 2.42. The predicted octanol–water partition coefficient (Wildman–Crippen LogP) is 5.72. The van der Waals surface area contributed by atoms with Gasteiger partial charge in [0.15, 0.2) is 0 Å². The van der Waals surface area contributed by atoms with Crippen LogP contribution in [0.15, 0.2) is 47.6 Å². The predicted molar refractivity (Wildman–Crippen MR) is 114 cm³/mol. The van der Waals surface area contributed by atoms with Crippen molar-refractivity contribution in [3.8, 4) is 23.0 Å². The molecule has 0 bridgehead atoms. The van der Waals surface area contributed by atoms with Crippen molar-refractivity contribution in [2.75, 3.05) is 6.61 Å². The van der Waals surface area contributed by atoms with Crippen molar-refractivity contribution in [3.63, 3.8) is 0 Å². The zero-order valence-electron chi connectivity index (χ0n) is 17.5. The molecule has 0 aliphatic carbocycles. The molecule has 0 aromatic heterocycles. The molecule has 0 saturated carbocycles. The van der Waals surface area contributed by atoms with Gasteiger partial charge in [-0.15, -0.1) is 0 Å². The van der Waals surface area contributed by atoms with Crippen LogP contribution in [0.5, 0.6) is 23.0 Å². The van der Waals surface area contributed by atoms with E-state index in [0.717, 1.165) is 28.0 Å². The lowest BCUT2D eigenvalue weighted by Gasteiger charge is -2.28. The van der Waals surface area contributed by atoms with Gasteiger partial charge in [-0.3, -0.25) is 0 Å². The fraction of sp³-hybridized carbons (Fsp3) is 0.360. The van der Waals surface area contributed by atoms with E-state index in [0.29, 0.717) is 25.2 Å². The SMILES string of the molecule is CC(C)=CCc1cc2c(cc1O)OC[C@@H]1c3ccc(O)c(CC=C(C)C)c3O[C@H]21. The van der Waals surface area contributed by atoms with Gasteiger partial charge in [0, 0.05) is 22.8 Å². The summed E-state index contributed by atoms with van der Waals surface area (Å²) in [5.41, 5.74) is 6.13. The minimum atomic E-state index is -0.174. The minimum absolute atomic E-state index is 0.0735. The Bertz CT molecular complexity index is 1010. The van der Waals surface area contributed by atoms with E-state index in [4.69, 9.17) is 9.47 Å². The van der Waals surface area contributed by atoms with Crippen molar-refractivity contribution in [1.29, 1.82) is 0 Å². The fourth-order valence-electron chi connectivity index (χ4n) is 4.04. The van der Waals surface area contributed by atoms with E-state index in [9.17, 15) is 10.2 Å². The first-order valence-corrected chi connectivity index (χ1v) is 10.1. The zero-order valence-corrected chi connectivity index (χ0v) is 17.5. The summed E-state index contributed by atoms with van der Waals surface area (Å²) in [4.78, 5) is 0. The van der Waals surface area contributed by atoms with E-state index in [2.05, 4.69) is 12.2 Å².